The monoisotopic (exact) mass is 673 g/mol. The van der Waals surface area contributed by atoms with Gasteiger partial charge in [-0.15, -0.1) is 13.2 Å². The second kappa shape index (κ2) is 16.6. The topological polar surface area (TPSA) is 139 Å². The summed E-state index contributed by atoms with van der Waals surface area (Å²) in [6, 6.07) is 4.85. The minimum Gasteiger partial charge on any atom is -0.491 e. The third kappa shape index (κ3) is 9.70. The quantitative estimate of drug-likeness (QED) is 0.255. The van der Waals surface area contributed by atoms with E-state index < -0.39 is 12.3 Å². The van der Waals surface area contributed by atoms with Gasteiger partial charge in [0.2, 0.25) is 0 Å². The molecule has 0 aliphatic carbocycles. The van der Waals surface area contributed by atoms with Crippen LogP contribution in [0.5, 0.6) is 11.5 Å². The number of nitrogens with two attached hydrogens (primary N) is 1. The number of anilines is 2. The molecule has 2 aliphatic heterocycles. The van der Waals surface area contributed by atoms with Crippen molar-refractivity contribution in [3.05, 3.63) is 34.6 Å². The summed E-state index contributed by atoms with van der Waals surface area (Å²) in [5.41, 5.74) is 6.80. The first kappa shape index (κ1) is 35.7. The van der Waals surface area contributed by atoms with Crippen molar-refractivity contribution in [2.75, 3.05) is 76.8 Å². The average molecular weight is 674 g/mol. The van der Waals surface area contributed by atoms with E-state index in [0.717, 1.165) is 50.9 Å². The second-order valence-corrected chi connectivity index (χ2v) is 11.7. The summed E-state index contributed by atoms with van der Waals surface area (Å²) in [6.45, 7) is 6.87. The number of hydrogen-bond acceptors (Lipinski definition) is 11. The fraction of sp³-hybridized carbons (Fsp3) is 0.633. The van der Waals surface area contributed by atoms with Crippen LogP contribution in [0.25, 0.3) is 0 Å². The van der Waals surface area contributed by atoms with Gasteiger partial charge < -0.3 is 35.3 Å². The number of aliphatic hydroxyl groups is 1. The SMILES string of the molecule is CCC[C@H]1CN(c2nc(N)c(C(=O)NCCO)nc2Cl)CCN1C1CCN(Cc2ccc(OC(F)(F)F)cc2OCCOC)CC1. The van der Waals surface area contributed by atoms with Gasteiger partial charge >= 0.3 is 6.36 Å². The lowest BCUT2D eigenvalue weighted by atomic mass is 9.97. The normalized spacial score (nSPS) is 18.5. The Morgan fingerprint density at radius 1 is 1.17 bits per heavy atom. The molecule has 1 atom stereocenters. The third-order valence-electron chi connectivity index (χ3n) is 8.16. The Balaban J connectivity index is 1.38. The lowest BCUT2D eigenvalue weighted by Gasteiger charge is -2.48. The molecular formula is C30H43ClF3N7O5. The first-order valence-electron chi connectivity index (χ1n) is 15.5. The Morgan fingerprint density at radius 3 is 2.61 bits per heavy atom. The number of nitrogens with zero attached hydrogens (tertiary/aromatic N) is 5. The zero-order valence-electron chi connectivity index (χ0n) is 26.2. The summed E-state index contributed by atoms with van der Waals surface area (Å²) in [5, 5.41) is 11.6. The van der Waals surface area contributed by atoms with Gasteiger partial charge in [-0.2, -0.15) is 0 Å². The number of piperidine rings is 1. The maximum atomic E-state index is 12.8. The Bertz CT molecular complexity index is 1300. The van der Waals surface area contributed by atoms with Crippen LogP contribution < -0.4 is 25.4 Å². The van der Waals surface area contributed by atoms with Gasteiger partial charge in [-0.25, -0.2) is 9.97 Å². The minimum absolute atomic E-state index is 0.0218. The summed E-state index contributed by atoms with van der Waals surface area (Å²) < 4.78 is 53.3. The number of aliphatic hydroxyl groups excluding tert-OH is 1. The summed E-state index contributed by atoms with van der Waals surface area (Å²) >= 11 is 6.50. The molecule has 1 aromatic heterocycles. The van der Waals surface area contributed by atoms with Crippen LogP contribution in [0.4, 0.5) is 24.8 Å². The minimum atomic E-state index is -4.79. The average Bonchev–Trinajstić information content (AvgIpc) is 3.02. The predicted molar refractivity (Wildman–Crippen MR) is 167 cm³/mol. The van der Waals surface area contributed by atoms with Gasteiger partial charge in [0.1, 0.15) is 18.1 Å². The van der Waals surface area contributed by atoms with Crippen LogP contribution in [0.3, 0.4) is 0 Å². The largest absolute Gasteiger partial charge is 0.573 e. The molecule has 0 radical (unpaired) electrons. The number of likely N-dealkylation sites (tertiary alicyclic amines) is 1. The van der Waals surface area contributed by atoms with Crippen LogP contribution in [0.1, 0.15) is 48.7 Å². The Labute approximate surface area is 271 Å². The summed E-state index contributed by atoms with van der Waals surface area (Å²) in [4.78, 5) is 27.9. The van der Waals surface area contributed by atoms with E-state index in [1.54, 1.807) is 6.07 Å². The molecular weight excluding hydrogens is 631 g/mol. The number of carbonyl (C=O) groups is 1. The van der Waals surface area contributed by atoms with Gasteiger partial charge in [0, 0.05) is 63.5 Å². The van der Waals surface area contributed by atoms with Crippen molar-refractivity contribution in [1.29, 1.82) is 0 Å². The van der Waals surface area contributed by atoms with Crippen LogP contribution in [0.15, 0.2) is 18.2 Å². The van der Waals surface area contributed by atoms with Gasteiger partial charge in [-0.05, 0) is 38.4 Å². The molecule has 46 heavy (non-hydrogen) atoms. The van der Waals surface area contributed by atoms with Crippen molar-refractivity contribution in [2.24, 2.45) is 0 Å². The van der Waals surface area contributed by atoms with E-state index in [0.29, 0.717) is 43.9 Å². The number of carbonyl (C=O) groups excluding carboxylic acids is 1. The highest BCUT2D eigenvalue weighted by Crippen LogP contribution is 2.33. The summed E-state index contributed by atoms with van der Waals surface area (Å²) in [6.07, 6.45) is -0.918. The number of piperazine rings is 1. The van der Waals surface area contributed by atoms with E-state index in [1.165, 1.54) is 19.2 Å². The third-order valence-corrected chi connectivity index (χ3v) is 8.42. The standard InChI is InChI=1S/C30H43ClF3N7O5/c1-3-4-22-19-40(28-26(31)37-25(27(35)38-28)29(43)36-9-14-42)12-13-41(22)21-7-10-39(11-8-21)18-20-5-6-23(46-30(32,33)34)17-24(20)45-16-15-44-2/h5-6,17,21-22,42H,3-4,7-16,18-19H2,1-2H3,(H2,35,38)(H,36,43)/t22-/m0/s1. The molecule has 4 rings (SSSR count). The first-order chi connectivity index (χ1) is 22.0. The van der Waals surface area contributed by atoms with Crippen molar-refractivity contribution < 1.29 is 37.3 Å². The van der Waals surface area contributed by atoms with Gasteiger partial charge in [0.15, 0.2) is 22.5 Å². The van der Waals surface area contributed by atoms with Crippen molar-refractivity contribution in [1.82, 2.24) is 25.1 Å². The van der Waals surface area contributed by atoms with Crippen molar-refractivity contribution in [3.8, 4) is 11.5 Å². The number of ether oxygens (including phenoxy) is 3. The molecule has 0 unspecified atom stereocenters. The highest BCUT2D eigenvalue weighted by molar-refractivity contribution is 6.32. The fourth-order valence-electron chi connectivity index (χ4n) is 6.05. The molecule has 256 valence electrons. The molecule has 3 heterocycles. The van der Waals surface area contributed by atoms with Crippen molar-refractivity contribution >= 4 is 29.1 Å². The number of methoxy groups -OCH3 is 1. The molecule has 1 amide bonds. The Hall–Kier alpha value is -3.11. The molecule has 12 nitrogen and oxygen atoms in total. The van der Waals surface area contributed by atoms with Crippen LogP contribution in [0, 0.1) is 0 Å². The predicted octanol–water partition coefficient (Wildman–Crippen LogP) is 3.31. The summed E-state index contributed by atoms with van der Waals surface area (Å²) in [5.74, 6) is -0.0934. The van der Waals surface area contributed by atoms with Crippen LogP contribution >= 0.6 is 11.6 Å². The van der Waals surface area contributed by atoms with E-state index in [9.17, 15) is 18.0 Å². The molecule has 2 saturated heterocycles. The molecule has 16 heteroatoms. The van der Waals surface area contributed by atoms with E-state index in [1.807, 2.05) is 0 Å². The van der Waals surface area contributed by atoms with Crippen LogP contribution in [-0.2, 0) is 11.3 Å². The van der Waals surface area contributed by atoms with Gasteiger partial charge in [-0.3, -0.25) is 14.6 Å². The van der Waals surface area contributed by atoms with Gasteiger partial charge in [0.05, 0.1) is 13.2 Å². The molecule has 0 spiro atoms. The Kier molecular flexibility index (Phi) is 12.9. The van der Waals surface area contributed by atoms with E-state index in [4.69, 9.17) is 31.9 Å². The lowest BCUT2D eigenvalue weighted by molar-refractivity contribution is -0.274. The number of amides is 1. The van der Waals surface area contributed by atoms with E-state index >= 15 is 0 Å². The number of nitrogen functional groups attached to an aromatic ring is 1. The van der Waals surface area contributed by atoms with Crippen molar-refractivity contribution in [2.45, 2.75) is 57.6 Å². The number of alkyl halides is 3. The molecule has 1 aromatic carbocycles. The number of nitrogens with one attached hydrogen (secondary N) is 1. The van der Waals surface area contributed by atoms with Gasteiger partial charge in [0.25, 0.3) is 5.91 Å². The van der Waals surface area contributed by atoms with Crippen LogP contribution in [0.2, 0.25) is 5.15 Å². The number of benzene rings is 1. The Morgan fingerprint density at radius 2 is 1.93 bits per heavy atom. The maximum absolute atomic E-state index is 12.8. The smallest absolute Gasteiger partial charge is 0.491 e. The molecule has 4 N–H and O–H groups in total. The molecule has 2 fully saturated rings. The number of rotatable bonds is 14. The first-order valence-corrected chi connectivity index (χ1v) is 15.9. The van der Waals surface area contributed by atoms with E-state index in [-0.39, 0.29) is 48.2 Å². The fourth-order valence-corrected chi connectivity index (χ4v) is 6.30. The lowest BCUT2D eigenvalue weighted by Crippen LogP contribution is -2.58. The summed E-state index contributed by atoms with van der Waals surface area (Å²) in [7, 11) is 1.53. The second-order valence-electron chi connectivity index (χ2n) is 11.3. The molecule has 2 aliphatic rings. The maximum Gasteiger partial charge on any atom is 0.573 e. The van der Waals surface area contributed by atoms with Crippen molar-refractivity contribution in [3.63, 3.8) is 0 Å². The molecule has 2 aromatic rings. The highest BCUT2D eigenvalue weighted by Gasteiger charge is 2.35. The van der Waals surface area contributed by atoms with E-state index in [2.05, 4.69) is 41.6 Å². The zero-order chi connectivity index (χ0) is 33.3. The van der Waals surface area contributed by atoms with Gasteiger partial charge in [-0.1, -0.05) is 31.0 Å². The number of hydrogen-bond donors (Lipinski definition) is 3. The molecule has 0 saturated carbocycles. The number of halogens is 4. The zero-order valence-corrected chi connectivity index (χ0v) is 26.9. The molecule has 0 bridgehead atoms. The van der Waals surface area contributed by atoms with Crippen LogP contribution in [-0.4, -0.2) is 115 Å². The highest BCUT2D eigenvalue weighted by atomic mass is 35.5. The number of aromatic nitrogens is 2.